The minimum atomic E-state index is -0.580. The predicted molar refractivity (Wildman–Crippen MR) is 92.6 cm³/mol. The molecule has 1 rings (SSSR count). The second-order valence-electron chi connectivity index (χ2n) is 4.64. The van der Waals surface area contributed by atoms with Crippen LogP contribution in [0.25, 0.3) is 0 Å². The lowest BCUT2D eigenvalue weighted by Gasteiger charge is -2.15. The van der Waals surface area contributed by atoms with Crippen LogP contribution in [-0.2, 0) is 19.1 Å². The quantitative estimate of drug-likeness (QED) is 0.446. The van der Waals surface area contributed by atoms with Gasteiger partial charge in [0.1, 0.15) is 16.7 Å². The fourth-order valence-electron chi connectivity index (χ4n) is 1.84. The lowest BCUT2D eigenvalue weighted by Crippen LogP contribution is -2.25. The van der Waals surface area contributed by atoms with Gasteiger partial charge in [0.05, 0.1) is 33.4 Å². The minimum absolute atomic E-state index is 0.000123. The van der Waals surface area contributed by atoms with Crippen LogP contribution in [0.3, 0.4) is 0 Å². The van der Waals surface area contributed by atoms with E-state index in [-0.39, 0.29) is 13.0 Å². The molecule has 0 saturated heterocycles. The van der Waals surface area contributed by atoms with E-state index in [2.05, 4.69) is 0 Å². The molecule has 0 heterocycles. The van der Waals surface area contributed by atoms with Crippen LogP contribution >= 0.6 is 11.8 Å². The summed E-state index contributed by atoms with van der Waals surface area (Å²) in [6.45, 7) is 4.44. The maximum Gasteiger partial charge on any atom is 0.319 e. The number of carbonyl (C=O) groups excluding carboxylic acids is 2. The summed E-state index contributed by atoms with van der Waals surface area (Å²) >= 11 is 1.33. The third-order valence-electron chi connectivity index (χ3n) is 2.94. The maximum atomic E-state index is 11.9. The summed E-state index contributed by atoms with van der Waals surface area (Å²) in [5, 5.41) is -0.580. The van der Waals surface area contributed by atoms with Crippen molar-refractivity contribution in [2.24, 2.45) is 0 Å². The normalized spacial score (nSPS) is 11.5. The highest BCUT2D eigenvalue weighted by Gasteiger charge is 2.24. The zero-order valence-corrected chi connectivity index (χ0v) is 15.1. The number of hydrogen-bond acceptors (Lipinski definition) is 7. The number of methoxy groups -OCH3 is 1. The third-order valence-corrected chi connectivity index (χ3v) is 4.10. The second-order valence-corrected chi connectivity index (χ2v) is 5.96. The summed E-state index contributed by atoms with van der Waals surface area (Å²) in [5.74, 6) is 1.22. The Balaban J connectivity index is 2.42. The molecule has 24 heavy (non-hydrogen) atoms. The first-order valence-electron chi connectivity index (χ1n) is 7.81. The summed E-state index contributed by atoms with van der Waals surface area (Å²) in [5.41, 5.74) is 0. The van der Waals surface area contributed by atoms with Crippen LogP contribution in [0.2, 0.25) is 0 Å². The molecule has 0 fully saturated rings. The summed E-state index contributed by atoms with van der Waals surface area (Å²) < 4.78 is 20.6. The molecule has 0 radical (unpaired) electrons. The molecule has 1 aromatic rings. The number of ether oxygens (including phenoxy) is 4. The molecule has 0 N–H and O–H groups in total. The predicted octanol–water partition coefficient (Wildman–Crippen LogP) is 2.69. The monoisotopic (exact) mass is 356 g/mol. The Morgan fingerprint density at radius 3 is 2.25 bits per heavy atom. The second kappa shape index (κ2) is 11.6. The molecule has 0 aliphatic rings. The third kappa shape index (κ3) is 7.59. The highest BCUT2D eigenvalue weighted by Crippen LogP contribution is 2.20. The Morgan fingerprint density at radius 2 is 1.67 bits per heavy atom. The molecule has 0 amide bonds. The highest BCUT2D eigenvalue weighted by molar-refractivity contribution is 8.00. The van der Waals surface area contributed by atoms with Gasteiger partial charge in [0, 0.05) is 5.75 Å². The Morgan fingerprint density at radius 1 is 1.04 bits per heavy atom. The molecular weight excluding hydrogens is 332 g/mol. The first kappa shape index (κ1) is 20.2. The molecule has 6 nitrogen and oxygen atoms in total. The van der Waals surface area contributed by atoms with Gasteiger partial charge in [0.2, 0.25) is 0 Å². The molecule has 134 valence electrons. The van der Waals surface area contributed by atoms with Crippen molar-refractivity contribution in [1.29, 1.82) is 0 Å². The van der Waals surface area contributed by atoms with Crippen molar-refractivity contribution in [3.63, 3.8) is 0 Å². The van der Waals surface area contributed by atoms with Crippen LogP contribution in [-0.4, -0.2) is 49.9 Å². The van der Waals surface area contributed by atoms with Gasteiger partial charge in [-0.05, 0) is 38.1 Å². The van der Waals surface area contributed by atoms with Gasteiger partial charge in [0.25, 0.3) is 0 Å². The molecule has 0 spiro atoms. The van der Waals surface area contributed by atoms with Gasteiger partial charge in [-0.25, -0.2) is 0 Å². The van der Waals surface area contributed by atoms with Crippen molar-refractivity contribution in [2.75, 3.05) is 32.7 Å². The number of rotatable bonds is 11. The van der Waals surface area contributed by atoms with Gasteiger partial charge in [-0.1, -0.05) is 0 Å². The van der Waals surface area contributed by atoms with Crippen LogP contribution in [0, 0.1) is 0 Å². The molecule has 1 aromatic carbocycles. The van der Waals surface area contributed by atoms with E-state index < -0.39 is 17.2 Å². The first-order valence-corrected chi connectivity index (χ1v) is 8.86. The number of esters is 2. The number of thioether (sulfide) groups is 1. The van der Waals surface area contributed by atoms with Crippen LogP contribution in [0.15, 0.2) is 24.3 Å². The van der Waals surface area contributed by atoms with E-state index in [1.54, 1.807) is 21.0 Å². The molecule has 0 bridgehead atoms. The van der Waals surface area contributed by atoms with E-state index in [9.17, 15) is 9.59 Å². The lowest BCUT2D eigenvalue weighted by molar-refractivity contribution is -0.149. The van der Waals surface area contributed by atoms with Crippen LogP contribution in [0.5, 0.6) is 11.5 Å². The molecule has 7 heteroatoms. The SMILES string of the molecule is CCOC(=O)C[C@@H](SCCOc1ccc(OC)cc1)C(=O)OCC. The van der Waals surface area contributed by atoms with Gasteiger partial charge < -0.3 is 18.9 Å². The summed E-state index contributed by atoms with van der Waals surface area (Å²) in [4.78, 5) is 23.5. The summed E-state index contributed by atoms with van der Waals surface area (Å²) in [6, 6.07) is 7.24. The number of carbonyl (C=O) groups is 2. The molecule has 0 aliphatic heterocycles. The Kier molecular flexibility index (Phi) is 9.76. The molecule has 0 saturated carbocycles. The highest BCUT2D eigenvalue weighted by atomic mass is 32.2. The fraction of sp³-hybridized carbons (Fsp3) is 0.529. The Hall–Kier alpha value is -1.89. The van der Waals surface area contributed by atoms with Crippen molar-refractivity contribution < 1.29 is 28.5 Å². The zero-order chi connectivity index (χ0) is 17.8. The van der Waals surface area contributed by atoms with Crippen LogP contribution in [0.1, 0.15) is 20.3 Å². The van der Waals surface area contributed by atoms with Crippen molar-refractivity contribution in [1.82, 2.24) is 0 Å². The standard InChI is InChI=1S/C17H24O6S/c1-4-21-16(18)12-15(17(19)22-5-2)24-11-10-23-14-8-6-13(20-3)7-9-14/h6-9,15H,4-5,10-12H2,1-3H3/t15-/m1/s1. The van der Waals surface area contributed by atoms with E-state index >= 15 is 0 Å². The van der Waals surface area contributed by atoms with Crippen molar-refractivity contribution in [2.45, 2.75) is 25.5 Å². The minimum Gasteiger partial charge on any atom is -0.497 e. The molecular formula is C17H24O6S. The average molecular weight is 356 g/mol. The van der Waals surface area contributed by atoms with Crippen molar-refractivity contribution >= 4 is 23.7 Å². The van der Waals surface area contributed by atoms with E-state index in [1.807, 2.05) is 24.3 Å². The average Bonchev–Trinajstić information content (AvgIpc) is 2.58. The van der Waals surface area contributed by atoms with Crippen LogP contribution < -0.4 is 9.47 Å². The molecule has 0 unspecified atom stereocenters. The maximum absolute atomic E-state index is 11.9. The molecule has 0 aromatic heterocycles. The largest absolute Gasteiger partial charge is 0.497 e. The van der Waals surface area contributed by atoms with E-state index in [4.69, 9.17) is 18.9 Å². The van der Waals surface area contributed by atoms with E-state index in [0.717, 1.165) is 11.5 Å². The molecule has 0 aliphatic carbocycles. The summed E-state index contributed by atoms with van der Waals surface area (Å²) in [7, 11) is 1.60. The Bertz CT molecular complexity index is 502. The van der Waals surface area contributed by atoms with E-state index in [0.29, 0.717) is 19.0 Å². The number of benzene rings is 1. The van der Waals surface area contributed by atoms with Gasteiger partial charge in [-0.2, -0.15) is 0 Å². The van der Waals surface area contributed by atoms with Gasteiger partial charge in [0.15, 0.2) is 0 Å². The van der Waals surface area contributed by atoms with Crippen molar-refractivity contribution in [3.05, 3.63) is 24.3 Å². The fourth-order valence-corrected chi connectivity index (χ4v) is 2.76. The van der Waals surface area contributed by atoms with Gasteiger partial charge in [-0.15, -0.1) is 11.8 Å². The first-order chi connectivity index (χ1) is 11.6. The smallest absolute Gasteiger partial charge is 0.319 e. The number of hydrogen-bond donors (Lipinski definition) is 0. The van der Waals surface area contributed by atoms with Gasteiger partial charge in [-0.3, -0.25) is 9.59 Å². The zero-order valence-electron chi connectivity index (χ0n) is 14.3. The van der Waals surface area contributed by atoms with Gasteiger partial charge >= 0.3 is 11.9 Å². The lowest BCUT2D eigenvalue weighted by atomic mass is 10.3. The Labute approximate surface area is 146 Å². The van der Waals surface area contributed by atoms with E-state index in [1.165, 1.54) is 11.8 Å². The topological polar surface area (TPSA) is 71.1 Å². The summed E-state index contributed by atoms with van der Waals surface area (Å²) in [6.07, 6.45) is -0.000123. The molecule has 1 atom stereocenters. The van der Waals surface area contributed by atoms with Crippen molar-refractivity contribution in [3.8, 4) is 11.5 Å². The van der Waals surface area contributed by atoms with Crippen LogP contribution in [0.4, 0.5) is 0 Å².